The molecule has 1 unspecified atom stereocenters. The van der Waals surface area contributed by atoms with Crippen LogP contribution in [0.4, 0.5) is 0 Å². The Morgan fingerprint density at radius 3 is 2.43 bits per heavy atom. The molecule has 2 nitrogen and oxygen atoms in total. The zero-order valence-corrected chi connectivity index (χ0v) is 13.7. The summed E-state index contributed by atoms with van der Waals surface area (Å²) in [6.45, 7) is 3.06. The number of hydrogen-bond acceptors (Lipinski definition) is 3. The van der Waals surface area contributed by atoms with Crippen LogP contribution in [0.15, 0.2) is 53.4 Å². The fourth-order valence-electron chi connectivity index (χ4n) is 2.41. The maximum atomic E-state index is 5.47. The Bertz CT molecular complexity index is 553. The SMILES string of the molecule is CCC(NCc1ccc(SC)cc1)c1ccccc1OC. The lowest BCUT2D eigenvalue weighted by molar-refractivity contribution is 0.396. The summed E-state index contributed by atoms with van der Waals surface area (Å²) in [6, 6.07) is 17.3. The summed E-state index contributed by atoms with van der Waals surface area (Å²) in [5.41, 5.74) is 2.53. The average Bonchev–Trinajstić information content (AvgIpc) is 2.56. The van der Waals surface area contributed by atoms with E-state index in [-0.39, 0.29) is 0 Å². The lowest BCUT2D eigenvalue weighted by Crippen LogP contribution is -2.20. The van der Waals surface area contributed by atoms with Gasteiger partial charge < -0.3 is 10.1 Å². The first-order valence-electron chi connectivity index (χ1n) is 7.27. The Kier molecular flexibility index (Phi) is 6.15. The number of methoxy groups -OCH3 is 1. The van der Waals surface area contributed by atoms with Crippen molar-refractivity contribution < 1.29 is 4.74 Å². The van der Waals surface area contributed by atoms with Gasteiger partial charge in [0.15, 0.2) is 0 Å². The molecule has 0 radical (unpaired) electrons. The molecule has 0 aliphatic carbocycles. The minimum Gasteiger partial charge on any atom is -0.496 e. The van der Waals surface area contributed by atoms with Crippen LogP contribution in [0.25, 0.3) is 0 Å². The third-order valence-corrected chi connectivity index (χ3v) is 4.38. The summed E-state index contributed by atoms with van der Waals surface area (Å²) in [7, 11) is 1.73. The van der Waals surface area contributed by atoms with Gasteiger partial charge in [0.1, 0.15) is 5.75 Å². The molecule has 3 heteroatoms. The van der Waals surface area contributed by atoms with Gasteiger partial charge in [0.25, 0.3) is 0 Å². The van der Waals surface area contributed by atoms with E-state index in [1.54, 1.807) is 18.9 Å². The van der Waals surface area contributed by atoms with E-state index in [1.165, 1.54) is 16.0 Å². The first-order chi connectivity index (χ1) is 10.3. The van der Waals surface area contributed by atoms with Crippen molar-refractivity contribution in [3.63, 3.8) is 0 Å². The second kappa shape index (κ2) is 8.11. The Balaban J connectivity index is 2.05. The Hall–Kier alpha value is -1.45. The zero-order chi connectivity index (χ0) is 15.1. The van der Waals surface area contributed by atoms with Gasteiger partial charge in [-0.1, -0.05) is 37.3 Å². The Labute approximate surface area is 131 Å². The highest BCUT2D eigenvalue weighted by molar-refractivity contribution is 7.98. The summed E-state index contributed by atoms with van der Waals surface area (Å²) in [6.07, 6.45) is 3.13. The Morgan fingerprint density at radius 1 is 1.10 bits per heavy atom. The second-order valence-electron chi connectivity index (χ2n) is 4.93. The van der Waals surface area contributed by atoms with E-state index in [4.69, 9.17) is 4.74 Å². The van der Waals surface area contributed by atoms with Crippen LogP contribution in [-0.4, -0.2) is 13.4 Å². The third-order valence-electron chi connectivity index (χ3n) is 3.63. The van der Waals surface area contributed by atoms with Crippen molar-refractivity contribution in [2.24, 2.45) is 0 Å². The van der Waals surface area contributed by atoms with E-state index in [0.717, 1.165) is 18.7 Å². The maximum absolute atomic E-state index is 5.47. The number of nitrogens with one attached hydrogen (secondary N) is 1. The fraction of sp³-hybridized carbons (Fsp3) is 0.333. The number of para-hydroxylation sites is 1. The highest BCUT2D eigenvalue weighted by Gasteiger charge is 2.13. The van der Waals surface area contributed by atoms with Crippen LogP contribution in [0, 0.1) is 0 Å². The van der Waals surface area contributed by atoms with Crippen LogP contribution >= 0.6 is 11.8 Å². The monoisotopic (exact) mass is 301 g/mol. The molecule has 0 aliphatic rings. The molecule has 0 aromatic heterocycles. The van der Waals surface area contributed by atoms with Crippen molar-refractivity contribution in [1.82, 2.24) is 5.32 Å². The van der Waals surface area contributed by atoms with Crippen molar-refractivity contribution in [2.75, 3.05) is 13.4 Å². The van der Waals surface area contributed by atoms with Crippen LogP contribution < -0.4 is 10.1 Å². The summed E-state index contributed by atoms with van der Waals surface area (Å²) >= 11 is 1.77. The highest BCUT2D eigenvalue weighted by Crippen LogP contribution is 2.27. The molecule has 0 bridgehead atoms. The molecule has 0 amide bonds. The van der Waals surface area contributed by atoms with Crippen molar-refractivity contribution in [3.8, 4) is 5.75 Å². The van der Waals surface area contributed by atoms with E-state index in [1.807, 2.05) is 12.1 Å². The average molecular weight is 301 g/mol. The van der Waals surface area contributed by atoms with E-state index in [0.29, 0.717) is 6.04 Å². The van der Waals surface area contributed by atoms with Crippen LogP contribution in [0.3, 0.4) is 0 Å². The number of rotatable bonds is 7. The number of hydrogen-bond donors (Lipinski definition) is 1. The van der Waals surface area contributed by atoms with Gasteiger partial charge >= 0.3 is 0 Å². The molecule has 2 aromatic carbocycles. The number of thioether (sulfide) groups is 1. The van der Waals surface area contributed by atoms with Gasteiger partial charge in [-0.3, -0.25) is 0 Å². The maximum Gasteiger partial charge on any atom is 0.123 e. The van der Waals surface area contributed by atoms with Gasteiger partial charge in [-0.15, -0.1) is 11.8 Å². The number of benzene rings is 2. The summed E-state index contributed by atoms with van der Waals surface area (Å²) in [4.78, 5) is 1.30. The van der Waals surface area contributed by atoms with E-state index in [2.05, 4.69) is 54.9 Å². The molecule has 0 saturated heterocycles. The second-order valence-corrected chi connectivity index (χ2v) is 5.81. The molecule has 0 aliphatic heterocycles. The molecule has 2 rings (SSSR count). The standard InChI is InChI=1S/C18H23NOS/c1-4-17(16-7-5-6-8-18(16)20-2)19-13-14-9-11-15(21-3)12-10-14/h5-12,17,19H,4,13H2,1-3H3. The molecule has 1 atom stereocenters. The first kappa shape index (κ1) is 15.9. The normalized spacial score (nSPS) is 12.1. The lowest BCUT2D eigenvalue weighted by atomic mass is 10.0. The van der Waals surface area contributed by atoms with E-state index < -0.39 is 0 Å². The molecule has 0 fully saturated rings. The molecule has 1 N–H and O–H groups in total. The zero-order valence-electron chi connectivity index (χ0n) is 12.9. The largest absolute Gasteiger partial charge is 0.496 e. The molecular formula is C18H23NOS. The van der Waals surface area contributed by atoms with Gasteiger partial charge in [-0.25, -0.2) is 0 Å². The van der Waals surface area contributed by atoms with Crippen LogP contribution in [0.2, 0.25) is 0 Å². The topological polar surface area (TPSA) is 21.3 Å². The minimum atomic E-state index is 0.307. The van der Waals surface area contributed by atoms with Gasteiger partial charge in [0, 0.05) is 23.0 Å². The fourth-order valence-corrected chi connectivity index (χ4v) is 2.82. The molecule has 0 saturated carbocycles. The molecule has 0 spiro atoms. The summed E-state index contributed by atoms with van der Waals surface area (Å²) in [5, 5.41) is 3.63. The van der Waals surface area contributed by atoms with Gasteiger partial charge in [0.05, 0.1) is 7.11 Å². The smallest absolute Gasteiger partial charge is 0.123 e. The summed E-state index contributed by atoms with van der Waals surface area (Å²) < 4.78 is 5.47. The van der Waals surface area contributed by atoms with Crippen molar-refractivity contribution in [2.45, 2.75) is 30.8 Å². The van der Waals surface area contributed by atoms with Crippen LogP contribution in [0.5, 0.6) is 5.75 Å². The first-order valence-corrected chi connectivity index (χ1v) is 8.50. The molecule has 0 heterocycles. The lowest BCUT2D eigenvalue weighted by Gasteiger charge is -2.20. The van der Waals surface area contributed by atoms with Gasteiger partial charge in [-0.05, 0) is 36.4 Å². The van der Waals surface area contributed by atoms with Crippen molar-refractivity contribution >= 4 is 11.8 Å². The molecule has 2 aromatic rings. The van der Waals surface area contributed by atoms with Gasteiger partial charge in [0.2, 0.25) is 0 Å². The molecular weight excluding hydrogens is 278 g/mol. The van der Waals surface area contributed by atoms with Crippen molar-refractivity contribution in [3.05, 3.63) is 59.7 Å². The third kappa shape index (κ3) is 4.26. The Morgan fingerprint density at radius 2 is 1.81 bits per heavy atom. The van der Waals surface area contributed by atoms with Gasteiger partial charge in [-0.2, -0.15) is 0 Å². The van der Waals surface area contributed by atoms with E-state index in [9.17, 15) is 0 Å². The predicted octanol–water partition coefficient (Wildman–Crippen LogP) is 4.66. The molecule has 21 heavy (non-hydrogen) atoms. The minimum absolute atomic E-state index is 0.307. The highest BCUT2D eigenvalue weighted by atomic mass is 32.2. The van der Waals surface area contributed by atoms with E-state index >= 15 is 0 Å². The predicted molar refractivity (Wildman–Crippen MR) is 91.1 cm³/mol. The summed E-state index contributed by atoms with van der Waals surface area (Å²) in [5.74, 6) is 0.953. The van der Waals surface area contributed by atoms with Crippen LogP contribution in [-0.2, 0) is 6.54 Å². The quantitative estimate of drug-likeness (QED) is 0.752. The number of ether oxygens (including phenoxy) is 1. The van der Waals surface area contributed by atoms with Crippen molar-refractivity contribution in [1.29, 1.82) is 0 Å². The molecule has 112 valence electrons. The van der Waals surface area contributed by atoms with Crippen LogP contribution in [0.1, 0.15) is 30.5 Å².